The number of benzene rings is 2. The van der Waals surface area contributed by atoms with Gasteiger partial charge in [-0.25, -0.2) is 4.79 Å². The molecule has 130 valence electrons. The Balaban J connectivity index is 2.17. The molecule has 0 saturated carbocycles. The van der Waals surface area contributed by atoms with Crippen molar-refractivity contribution in [3.8, 4) is 0 Å². The number of amides is 2. The lowest BCUT2D eigenvalue weighted by atomic mass is 10.1. The van der Waals surface area contributed by atoms with Crippen LogP contribution in [0.2, 0.25) is 0 Å². The Morgan fingerprint density at radius 2 is 1.72 bits per heavy atom. The van der Waals surface area contributed by atoms with E-state index in [1.807, 2.05) is 6.92 Å². The highest BCUT2D eigenvalue weighted by molar-refractivity contribution is 6.08. The fourth-order valence-corrected chi connectivity index (χ4v) is 2.36. The second-order valence-corrected chi connectivity index (χ2v) is 5.63. The van der Waals surface area contributed by atoms with E-state index in [4.69, 9.17) is 5.11 Å². The predicted octanol–water partition coefficient (Wildman–Crippen LogP) is 3.68. The minimum Gasteiger partial charge on any atom is -0.478 e. The summed E-state index contributed by atoms with van der Waals surface area (Å²) in [6.45, 7) is 3.72. The van der Waals surface area contributed by atoms with Gasteiger partial charge in [0.2, 0.25) is 5.91 Å². The minimum atomic E-state index is -1.11. The smallest absolute Gasteiger partial charge is 0.337 e. The lowest BCUT2D eigenvalue weighted by Crippen LogP contribution is -2.16. The molecule has 6 nitrogen and oxygen atoms in total. The van der Waals surface area contributed by atoms with Crippen LogP contribution in [0.5, 0.6) is 0 Å². The number of rotatable bonds is 6. The van der Waals surface area contributed by atoms with Crippen molar-refractivity contribution in [3.05, 3.63) is 59.2 Å². The molecule has 2 rings (SSSR count). The highest BCUT2D eigenvalue weighted by atomic mass is 16.4. The molecule has 0 aliphatic rings. The summed E-state index contributed by atoms with van der Waals surface area (Å²) in [5, 5.41) is 14.6. The standard InChI is InChI=1S/C19H20N2O4/c1-3-6-17(22)20-15-10-9-13(11-12(15)2)18(23)21-16-8-5-4-7-14(16)19(24)25/h4-5,7-11H,3,6H2,1-2H3,(H,20,22)(H,21,23)(H,24,25). The summed E-state index contributed by atoms with van der Waals surface area (Å²) >= 11 is 0. The molecule has 0 atom stereocenters. The second kappa shape index (κ2) is 8.10. The number of aromatic carboxylic acids is 1. The fourth-order valence-electron chi connectivity index (χ4n) is 2.36. The molecule has 2 aromatic carbocycles. The maximum atomic E-state index is 12.4. The summed E-state index contributed by atoms with van der Waals surface area (Å²) in [4.78, 5) is 35.3. The van der Waals surface area contributed by atoms with Gasteiger partial charge in [0.05, 0.1) is 11.3 Å². The Labute approximate surface area is 145 Å². The van der Waals surface area contributed by atoms with Crippen molar-refractivity contribution >= 4 is 29.2 Å². The van der Waals surface area contributed by atoms with E-state index in [0.717, 1.165) is 12.0 Å². The monoisotopic (exact) mass is 340 g/mol. The molecule has 0 aliphatic heterocycles. The SMILES string of the molecule is CCCC(=O)Nc1ccc(C(=O)Nc2ccccc2C(=O)O)cc1C. The van der Waals surface area contributed by atoms with Crippen molar-refractivity contribution in [2.45, 2.75) is 26.7 Å². The van der Waals surface area contributed by atoms with Crippen molar-refractivity contribution in [2.75, 3.05) is 10.6 Å². The Morgan fingerprint density at radius 3 is 2.36 bits per heavy atom. The molecule has 6 heteroatoms. The molecule has 0 aliphatic carbocycles. The van der Waals surface area contributed by atoms with Gasteiger partial charge in [0, 0.05) is 17.7 Å². The summed E-state index contributed by atoms with van der Waals surface area (Å²) in [5.74, 6) is -1.59. The van der Waals surface area contributed by atoms with Crippen LogP contribution in [0.15, 0.2) is 42.5 Å². The Hall–Kier alpha value is -3.15. The van der Waals surface area contributed by atoms with Gasteiger partial charge in [-0.15, -0.1) is 0 Å². The number of para-hydroxylation sites is 1. The molecular formula is C19H20N2O4. The summed E-state index contributed by atoms with van der Waals surface area (Å²) in [6, 6.07) is 11.1. The van der Waals surface area contributed by atoms with Crippen LogP contribution in [-0.2, 0) is 4.79 Å². The van der Waals surface area contributed by atoms with Gasteiger partial charge < -0.3 is 15.7 Å². The Kier molecular flexibility index (Phi) is 5.89. The zero-order valence-electron chi connectivity index (χ0n) is 14.1. The van der Waals surface area contributed by atoms with E-state index in [9.17, 15) is 14.4 Å². The normalized spacial score (nSPS) is 10.2. The first-order valence-electron chi connectivity index (χ1n) is 7.96. The lowest BCUT2D eigenvalue weighted by Gasteiger charge is -2.11. The van der Waals surface area contributed by atoms with Crippen LogP contribution in [0.4, 0.5) is 11.4 Å². The van der Waals surface area contributed by atoms with Crippen LogP contribution in [-0.4, -0.2) is 22.9 Å². The first kappa shape index (κ1) is 18.2. The fraction of sp³-hybridized carbons (Fsp3) is 0.211. The minimum absolute atomic E-state index is 0.0241. The first-order valence-corrected chi connectivity index (χ1v) is 7.96. The largest absolute Gasteiger partial charge is 0.478 e. The Bertz CT molecular complexity index is 815. The van der Waals surface area contributed by atoms with Gasteiger partial charge in [-0.1, -0.05) is 19.1 Å². The van der Waals surface area contributed by atoms with Gasteiger partial charge in [-0.05, 0) is 49.2 Å². The zero-order chi connectivity index (χ0) is 18.4. The maximum absolute atomic E-state index is 12.4. The van der Waals surface area contributed by atoms with Gasteiger partial charge in [-0.2, -0.15) is 0 Å². The quantitative estimate of drug-likeness (QED) is 0.747. The Morgan fingerprint density at radius 1 is 1.00 bits per heavy atom. The number of carboxylic acid groups (broad SMARTS) is 1. The number of carbonyl (C=O) groups excluding carboxylic acids is 2. The molecule has 0 heterocycles. The van der Waals surface area contributed by atoms with E-state index in [1.165, 1.54) is 12.1 Å². The van der Waals surface area contributed by atoms with Gasteiger partial charge in [0.15, 0.2) is 0 Å². The highest BCUT2D eigenvalue weighted by Gasteiger charge is 2.14. The molecule has 0 bridgehead atoms. The second-order valence-electron chi connectivity index (χ2n) is 5.63. The van der Waals surface area contributed by atoms with Crippen molar-refractivity contribution in [2.24, 2.45) is 0 Å². The number of hydrogen-bond acceptors (Lipinski definition) is 3. The van der Waals surface area contributed by atoms with Crippen LogP contribution < -0.4 is 10.6 Å². The number of aryl methyl sites for hydroxylation is 1. The lowest BCUT2D eigenvalue weighted by molar-refractivity contribution is -0.116. The number of nitrogens with one attached hydrogen (secondary N) is 2. The number of carbonyl (C=O) groups is 3. The van der Waals surface area contributed by atoms with E-state index >= 15 is 0 Å². The molecule has 2 amide bonds. The molecule has 25 heavy (non-hydrogen) atoms. The van der Waals surface area contributed by atoms with Crippen molar-refractivity contribution in [3.63, 3.8) is 0 Å². The number of hydrogen-bond donors (Lipinski definition) is 3. The molecule has 0 unspecified atom stereocenters. The average molecular weight is 340 g/mol. The average Bonchev–Trinajstić information content (AvgIpc) is 2.57. The topological polar surface area (TPSA) is 95.5 Å². The molecular weight excluding hydrogens is 320 g/mol. The molecule has 0 spiro atoms. The van der Waals surface area contributed by atoms with Crippen LogP contribution in [0.3, 0.4) is 0 Å². The van der Waals surface area contributed by atoms with E-state index < -0.39 is 11.9 Å². The van der Waals surface area contributed by atoms with Crippen molar-refractivity contribution in [1.29, 1.82) is 0 Å². The zero-order valence-corrected chi connectivity index (χ0v) is 14.1. The van der Waals surface area contributed by atoms with Crippen LogP contribution >= 0.6 is 0 Å². The molecule has 0 radical (unpaired) electrons. The van der Waals surface area contributed by atoms with Crippen LogP contribution in [0.1, 0.15) is 46.0 Å². The summed E-state index contributed by atoms with van der Waals surface area (Å²) in [5.41, 5.74) is 2.05. The van der Waals surface area contributed by atoms with E-state index in [2.05, 4.69) is 10.6 Å². The third kappa shape index (κ3) is 4.67. The predicted molar refractivity (Wildman–Crippen MR) is 96.1 cm³/mol. The summed E-state index contributed by atoms with van der Waals surface area (Å²) < 4.78 is 0. The molecule has 0 aromatic heterocycles. The molecule has 3 N–H and O–H groups in total. The van der Waals surface area contributed by atoms with Gasteiger partial charge in [0.25, 0.3) is 5.91 Å². The van der Waals surface area contributed by atoms with Crippen LogP contribution in [0, 0.1) is 6.92 Å². The highest BCUT2D eigenvalue weighted by Crippen LogP contribution is 2.20. The van der Waals surface area contributed by atoms with E-state index in [-0.39, 0.29) is 17.2 Å². The van der Waals surface area contributed by atoms with E-state index in [0.29, 0.717) is 17.7 Å². The number of carboxylic acids is 1. The van der Waals surface area contributed by atoms with Crippen molar-refractivity contribution < 1.29 is 19.5 Å². The van der Waals surface area contributed by atoms with Crippen LogP contribution in [0.25, 0.3) is 0 Å². The molecule has 2 aromatic rings. The summed E-state index contributed by atoms with van der Waals surface area (Å²) in [6.07, 6.45) is 1.20. The molecule has 0 saturated heterocycles. The summed E-state index contributed by atoms with van der Waals surface area (Å²) in [7, 11) is 0. The number of anilines is 2. The van der Waals surface area contributed by atoms with Gasteiger partial charge in [-0.3, -0.25) is 9.59 Å². The third-order valence-electron chi connectivity index (χ3n) is 3.65. The first-order chi connectivity index (χ1) is 11.9. The van der Waals surface area contributed by atoms with E-state index in [1.54, 1.807) is 37.3 Å². The van der Waals surface area contributed by atoms with Gasteiger partial charge in [0.1, 0.15) is 0 Å². The third-order valence-corrected chi connectivity index (χ3v) is 3.65. The molecule has 0 fully saturated rings. The van der Waals surface area contributed by atoms with Crippen molar-refractivity contribution in [1.82, 2.24) is 0 Å². The maximum Gasteiger partial charge on any atom is 0.337 e. The van der Waals surface area contributed by atoms with Gasteiger partial charge >= 0.3 is 5.97 Å².